The van der Waals surface area contributed by atoms with E-state index >= 15 is 0 Å². The highest BCUT2D eigenvalue weighted by Gasteiger charge is 2.41. The lowest BCUT2D eigenvalue weighted by Gasteiger charge is -2.31. The number of aromatic nitrogens is 4. The topological polar surface area (TPSA) is 60.0 Å². The van der Waals surface area contributed by atoms with Gasteiger partial charge in [-0.25, -0.2) is 15.0 Å². The molecule has 6 nitrogen and oxygen atoms in total. The van der Waals surface area contributed by atoms with Gasteiger partial charge in [0.25, 0.3) is 0 Å². The molecule has 2 unspecified atom stereocenters. The molecule has 8 aromatic carbocycles. The number of hydrogen-bond donors (Lipinski definition) is 0. The van der Waals surface area contributed by atoms with Gasteiger partial charge in [-0.05, 0) is 71.7 Å². The van der Waals surface area contributed by atoms with Gasteiger partial charge in [-0.15, -0.1) is 0 Å². The number of nitrogens with zero attached hydrogens (tertiary/aromatic N) is 5. The third kappa shape index (κ3) is 5.55. The second-order valence-corrected chi connectivity index (χ2v) is 16.8. The molecule has 0 amide bonds. The molecule has 0 spiro atoms. The van der Waals surface area contributed by atoms with Crippen molar-refractivity contribution in [3.8, 4) is 39.9 Å². The predicted octanol–water partition coefficient (Wildman–Crippen LogP) is 14.7. The van der Waals surface area contributed by atoms with Crippen molar-refractivity contribution in [2.24, 2.45) is 5.92 Å². The van der Waals surface area contributed by atoms with Gasteiger partial charge in [-0.3, -0.25) is 0 Å². The number of hydrogen-bond acceptors (Lipinski definition) is 5. The van der Waals surface area contributed by atoms with Crippen molar-refractivity contribution in [2.75, 3.05) is 4.90 Å². The summed E-state index contributed by atoms with van der Waals surface area (Å²) in [4.78, 5) is 17.7. The molecule has 0 N–H and O–H groups in total. The summed E-state index contributed by atoms with van der Waals surface area (Å²) in [5.41, 5.74) is 15.3. The van der Waals surface area contributed by atoms with Gasteiger partial charge in [0.15, 0.2) is 17.5 Å². The van der Waals surface area contributed by atoms with Crippen LogP contribution in [0.3, 0.4) is 0 Å². The molecule has 13 rings (SSSR count). The Balaban J connectivity index is 1.07. The minimum atomic E-state index is 0.143. The van der Waals surface area contributed by atoms with E-state index in [0.29, 0.717) is 17.5 Å². The fourth-order valence-corrected chi connectivity index (χ4v) is 10.3. The Morgan fingerprint density at radius 1 is 0.500 bits per heavy atom. The minimum Gasteiger partial charge on any atom is -0.455 e. The number of rotatable bonds is 6. The van der Waals surface area contributed by atoms with Crippen molar-refractivity contribution in [2.45, 2.75) is 12.8 Å². The first-order chi connectivity index (χ1) is 31.7. The summed E-state index contributed by atoms with van der Waals surface area (Å²) >= 11 is 0. The normalized spacial score (nSPS) is 15.7. The van der Waals surface area contributed by atoms with E-state index in [-0.39, 0.29) is 11.8 Å². The minimum absolute atomic E-state index is 0.143. The largest absolute Gasteiger partial charge is 0.455 e. The zero-order valence-electron chi connectivity index (χ0n) is 34.9. The highest BCUT2D eigenvalue weighted by atomic mass is 16.3. The molecule has 302 valence electrons. The Kier molecular flexibility index (Phi) is 8.15. The van der Waals surface area contributed by atoms with Crippen molar-refractivity contribution in [1.29, 1.82) is 0 Å². The second kappa shape index (κ2) is 14.4. The number of fused-ring (bicyclic) bond motifs is 10. The lowest BCUT2D eigenvalue weighted by Crippen LogP contribution is -2.20. The van der Waals surface area contributed by atoms with E-state index in [9.17, 15) is 0 Å². The lowest BCUT2D eigenvalue weighted by molar-refractivity contribution is 0.636. The monoisotopic (exact) mass is 821 g/mol. The van der Waals surface area contributed by atoms with Crippen LogP contribution in [0.5, 0.6) is 0 Å². The summed E-state index contributed by atoms with van der Waals surface area (Å²) in [6.07, 6.45) is 4.74. The molecule has 3 aromatic heterocycles. The molecule has 64 heavy (non-hydrogen) atoms. The van der Waals surface area contributed by atoms with E-state index in [1.807, 2.05) is 60.7 Å². The molecule has 4 heterocycles. The summed E-state index contributed by atoms with van der Waals surface area (Å²) in [6, 6.07) is 68.1. The molecule has 0 saturated carbocycles. The molecular formula is C58H39N5O. The predicted molar refractivity (Wildman–Crippen MR) is 261 cm³/mol. The molecule has 1 aliphatic heterocycles. The van der Waals surface area contributed by atoms with Crippen LogP contribution < -0.4 is 4.90 Å². The Morgan fingerprint density at radius 3 is 1.84 bits per heavy atom. The van der Waals surface area contributed by atoms with E-state index in [2.05, 4.69) is 162 Å². The average Bonchev–Trinajstić information content (AvgIpc) is 4.03. The van der Waals surface area contributed by atoms with Crippen LogP contribution in [0.25, 0.3) is 89.2 Å². The second-order valence-electron chi connectivity index (χ2n) is 16.8. The Labute approximate surface area is 369 Å². The van der Waals surface area contributed by atoms with E-state index < -0.39 is 0 Å². The molecule has 2 atom stereocenters. The van der Waals surface area contributed by atoms with Crippen molar-refractivity contribution >= 4 is 60.7 Å². The average molecular weight is 822 g/mol. The van der Waals surface area contributed by atoms with Gasteiger partial charge < -0.3 is 13.9 Å². The quantitative estimate of drug-likeness (QED) is 0.167. The van der Waals surface area contributed by atoms with Crippen LogP contribution in [0.2, 0.25) is 0 Å². The third-order valence-electron chi connectivity index (χ3n) is 13.2. The highest BCUT2D eigenvalue weighted by molar-refractivity contribution is 6.26. The van der Waals surface area contributed by atoms with Crippen molar-refractivity contribution in [3.63, 3.8) is 0 Å². The summed E-state index contributed by atoms with van der Waals surface area (Å²) in [6.45, 7) is 2.40. The van der Waals surface area contributed by atoms with E-state index in [1.165, 1.54) is 33.8 Å². The van der Waals surface area contributed by atoms with Gasteiger partial charge in [-0.1, -0.05) is 159 Å². The van der Waals surface area contributed by atoms with E-state index in [4.69, 9.17) is 19.4 Å². The highest BCUT2D eigenvalue weighted by Crippen LogP contribution is 2.56. The van der Waals surface area contributed by atoms with Crippen LogP contribution >= 0.6 is 0 Å². The van der Waals surface area contributed by atoms with Gasteiger partial charge >= 0.3 is 0 Å². The number of furan rings is 1. The van der Waals surface area contributed by atoms with Crippen LogP contribution in [-0.2, 0) is 0 Å². The van der Waals surface area contributed by atoms with Crippen LogP contribution in [0.4, 0.5) is 11.4 Å². The van der Waals surface area contributed by atoms with E-state index in [1.54, 1.807) is 0 Å². The lowest BCUT2D eigenvalue weighted by atomic mass is 9.76. The first kappa shape index (κ1) is 36.3. The summed E-state index contributed by atoms with van der Waals surface area (Å²) in [5, 5.41) is 4.46. The molecule has 0 saturated heterocycles. The zero-order chi connectivity index (χ0) is 42.3. The molecule has 2 aliphatic rings. The van der Waals surface area contributed by atoms with Gasteiger partial charge in [0.2, 0.25) is 0 Å². The molecular weight excluding hydrogens is 783 g/mol. The molecule has 0 fully saturated rings. The number of benzene rings is 8. The summed E-state index contributed by atoms with van der Waals surface area (Å²) in [7, 11) is 0. The summed E-state index contributed by atoms with van der Waals surface area (Å²) < 4.78 is 9.33. The van der Waals surface area contributed by atoms with Crippen LogP contribution in [0, 0.1) is 5.92 Å². The Morgan fingerprint density at radius 2 is 1.09 bits per heavy atom. The Hall–Kier alpha value is -8.35. The molecule has 11 aromatic rings. The molecule has 0 bridgehead atoms. The smallest absolute Gasteiger partial charge is 0.164 e. The van der Waals surface area contributed by atoms with Gasteiger partial charge in [-0.2, -0.15) is 0 Å². The van der Waals surface area contributed by atoms with Crippen molar-refractivity contribution in [3.05, 3.63) is 223 Å². The van der Waals surface area contributed by atoms with E-state index in [0.717, 1.165) is 66.1 Å². The van der Waals surface area contributed by atoms with Gasteiger partial charge in [0.1, 0.15) is 11.2 Å². The summed E-state index contributed by atoms with van der Waals surface area (Å²) in [5.74, 6) is 2.17. The number of allylic oxidation sites excluding steroid dienone is 4. The van der Waals surface area contributed by atoms with Crippen LogP contribution in [0.1, 0.15) is 24.0 Å². The van der Waals surface area contributed by atoms with Gasteiger partial charge in [0.05, 0.1) is 16.4 Å². The fourth-order valence-electron chi connectivity index (χ4n) is 10.3. The SMILES string of the molecule is CC1C(c2cc3c4ccccc4oc3c3c4ccccc4n(-c4cccc(-c5nc(-c6ccccc6)nc(-c6ccccc6)n5)c4)c23)=CC=C2C1c1ccccc1N2c1ccccc1. The first-order valence-corrected chi connectivity index (χ1v) is 21.9. The van der Waals surface area contributed by atoms with Crippen LogP contribution in [0.15, 0.2) is 216 Å². The maximum Gasteiger partial charge on any atom is 0.164 e. The van der Waals surface area contributed by atoms with Crippen molar-refractivity contribution < 1.29 is 4.42 Å². The molecule has 1 aliphatic carbocycles. The first-order valence-electron chi connectivity index (χ1n) is 21.9. The Bertz CT molecular complexity index is 3640. The molecule has 6 heteroatoms. The van der Waals surface area contributed by atoms with Crippen LogP contribution in [-0.4, -0.2) is 19.5 Å². The number of anilines is 2. The zero-order valence-corrected chi connectivity index (χ0v) is 34.9. The maximum atomic E-state index is 6.90. The number of para-hydroxylation sites is 4. The fraction of sp³-hybridized carbons (Fsp3) is 0.0517. The molecule has 0 radical (unpaired) electrons. The third-order valence-corrected chi connectivity index (χ3v) is 13.2. The van der Waals surface area contributed by atoms with Crippen molar-refractivity contribution in [1.82, 2.24) is 19.5 Å². The maximum absolute atomic E-state index is 6.90. The standard InChI is InChI=1S/C58H39N5O/c1-36-42(32-33-50-52(36)44-27-11-14-29-48(44)62(50)40-23-9-4-10-24-40)46-35-47-43-26-13-16-31-51(43)64-55(47)53-45-28-12-15-30-49(45)63(54(46)53)41-25-17-22-39(34-41)58-60-56(37-18-5-2-6-19-37)59-57(61-58)38-20-7-3-8-21-38/h2-36,52H,1H3. The van der Waals surface area contributed by atoms with Gasteiger partial charge in [0, 0.05) is 67.1 Å².